The van der Waals surface area contributed by atoms with Gasteiger partial charge in [-0.3, -0.25) is 9.59 Å². The topological polar surface area (TPSA) is 91.1 Å². The molecule has 2 aromatic rings. The molecule has 1 aliphatic heterocycles. The number of aromatic nitrogens is 1. The van der Waals surface area contributed by atoms with Gasteiger partial charge in [0, 0.05) is 25.1 Å². The first-order valence-corrected chi connectivity index (χ1v) is 8.61. The van der Waals surface area contributed by atoms with Crippen LogP contribution in [0.25, 0.3) is 0 Å². The summed E-state index contributed by atoms with van der Waals surface area (Å²) in [5.41, 5.74) is 1.00. The summed E-state index contributed by atoms with van der Waals surface area (Å²) in [6.45, 7) is 1.92. The van der Waals surface area contributed by atoms with E-state index in [4.69, 9.17) is 30.3 Å². The molecule has 1 saturated heterocycles. The second-order valence-corrected chi connectivity index (χ2v) is 6.51. The standard InChI is InChI=1S/C18H19ClN2O6/c1-10-4-12(20-27-10)9-26-18(23)11-5-17(22)21(8-11)14-6-13(19)15(24-2)7-16(14)25-3/h4,6-7,11H,5,8-9H2,1-3H3. The lowest BCUT2D eigenvalue weighted by Gasteiger charge is -2.20. The van der Waals surface area contributed by atoms with Crippen LogP contribution in [0.5, 0.6) is 11.5 Å². The van der Waals surface area contributed by atoms with Gasteiger partial charge in [0.15, 0.2) is 0 Å². The van der Waals surface area contributed by atoms with Crippen LogP contribution in [0.15, 0.2) is 22.7 Å². The molecule has 8 nitrogen and oxygen atoms in total. The van der Waals surface area contributed by atoms with Crippen molar-refractivity contribution < 1.29 is 28.3 Å². The Morgan fingerprint density at radius 3 is 2.67 bits per heavy atom. The molecule has 0 radical (unpaired) electrons. The summed E-state index contributed by atoms with van der Waals surface area (Å²) in [6.07, 6.45) is 0.0451. The summed E-state index contributed by atoms with van der Waals surface area (Å²) in [5, 5.41) is 4.11. The van der Waals surface area contributed by atoms with Crippen LogP contribution in [-0.4, -0.2) is 37.8 Å². The second kappa shape index (κ2) is 7.87. The summed E-state index contributed by atoms with van der Waals surface area (Å²) < 4.78 is 20.7. The van der Waals surface area contributed by atoms with Crippen molar-refractivity contribution in [1.82, 2.24) is 5.16 Å². The summed E-state index contributed by atoms with van der Waals surface area (Å²) in [7, 11) is 2.97. The van der Waals surface area contributed by atoms with Gasteiger partial charge in [0.2, 0.25) is 5.91 Å². The number of esters is 1. The third kappa shape index (κ3) is 4.00. The van der Waals surface area contributed by atoms with E-state index in [0.29, 0.717) is 33.7 Å². The SMILES string of the molecule is COc1cc(OC)c(N2CC(C(=O)OCc3cc(C)on3)CC2=O)cc1Cl. The van der Waals surface area contributed by atoms with E-state index >= 15 is 0 Å². The van der Waals surface area contributed by atoms with Gasteiger partial charge in [-0.25, -0.2) is 0 Å². The summed E-state index contributed by atoms with van der Waals surface area (Å²) in [4.78, 5) is 26.3. The summed E-state index contributed by atoms with van der Waals surface area (Å²) >= 11 is 6.18. The van der Waals surface area contributed by atoms with Gasteiger partial charge < -0.3 is 23.6 Å². The number of rotatable bonds is 6. The lowest BCUT2D eigenvalue weighted by atomic mass is 10.1. The molecule has 3 rings (SSSR count). The van der Waals surface area contributed by atoms with E-state index in [1.807, 2.05) is 0 Å². The number of aryl methyl sites for hydroxylation is 1. The molecule has 2 heterocycles. The van der Waals surface area contributed by atoms with Crippen LogP contribution in [0.4, 0.5) is 5.69 Å². The number of hydrogen-bond acceptors (Lipinski definition) is 7. The number of ether oxygens (including phenoxy) is 3. The molecule has 1 aliphatic rings. The summed E-state index contributed by atoms with van der Waals surface area (Å²) in [5.74, 6) is 0.223. The molecule has 1 atom stereocenters. The van der Waals surface area contributed by atoms with Crippen molar-refractivity contribution in [3.05, 3.63) is 34.7 Å². The van der Waals surface area contributed by atoms with Gasteiger partial charge in [0.25, 0.3) is 0 Å². The van der Waals surface area contributed by atoms with Crippen molar-refractivity contribution in [3.63, 3.8) is 0 Å². The van der Waals surface area contributed by atoms with E-state index in [0.717, 1.165) is 0 Å². The fraction of sp³-hybridized carbons (Fsp3) is 0.389. The first-order chi connectivity index (χ1) is 12.9. The Morgan fingerprint density at radius 2 is 2.04 bits per heavy atom. The molecule has 144 valence electrons. The highest BCUT2D eigenvalue weighted by Crippen LogP contribution is 2.40. The zero-order valence-electron chi connectivity index (χ0n) is 15.2. The van der Waals surface area contributed by atoms with Crippen molar-refractivity contribution in [2.45, 2.75) is 20.0 Å². The number of anilines is 1. The van der Waals surface area contributed by atoms with Crippen LogP contribution in [0, 0.1) is 12.8 Å². The van der Waals surface area contributed by atoms with Gasteiger partial charge in [-0.2, -0.15) is 0 Å². The fourth-order valence-corrected chi connectivity index (χ4v) is 3.14. The number of halogens is 1. The third-order valence-electron chi connectivity index (χ3n) is 4.24. The smallest absolute Gasteiger partial charge is 0.311 e. The average molecular weight is 395 g/mol. The number of carbonyl (C=O) groups excluding carboxylic acids is 2. The minimum Gasteiger partial charge on any atom is -0.495 e. The minimum absolute atomic E-state index is 0.00144. The highest BCUT2D eigenvalue weighted by atomic mass is 35.5. The van der Waals surface area contributed by atoms with Crippen molar-refractivity contribution in [1.29, 1.82) is 0 Å². The average Bonchev–Trinajstić information content (AvgIpc) is 3.25. The number of carbonyl (C=O) groups is 2. The molecule has 9 heteroatoms. The maximum atomic E-state index is 12.5. The predicted octanol–water partition coefficient (Wildman–Crippen LogP) is 2.75. The van der Waals surface area contributed by atoms with E-state index in [1.54, 1.807) is 25.1 Å². The number of methoxy groups -OCH3 is 2. The van der Waals surface area contributed by atoms with Crippen LogP contribution in [0.2, 0.25) is 5.02 Å². The van der Waals surface area contributed by atoms with E-state index in [1.165, 1.54) is 19.1 Å². The van der Waals surface area contributed by atoms with Gasteiger partial charge in [-0.1, -0.05) is 16.8 Å². The van der Waals surface area contributed by atoms with Crippen molar-refractivity contribution in [2.24, 2.45) is 5.92 Å². The van der Waals surface area contributed by atoms with Gasteiger partial charge in [0.05, 0.1) is 30.8 Å². The maximum absolute atomic E-state index is 12.5. The second-order valence-electron chi connectivity index (χ2n) is 6.10. The van der Waals surface area contributed by atoms with Crippen molar-refractivity contribution >= 4 is 29.2 Å². The van der Waals surface area contributed by atoms with Gasteiger partial charge >= 0.3 is 5.97 Å². The molecule has 1 aromatic heterocycles. The molecule has 1 aromatic carbocycles. The molecule has 0 saturated carbocycles. The number of benzene rings is 1. The van der Waals surface area contributed by atoms with Crippen molar-refractivity contribution in [3.8, 4) is 11.5 Å². The summed E-state index contributed by atoms with van der Waals surface area (Å²) in [6, 6.07) is 4.87. The third-order valence-corrected chi connectivity index (χ3v) is 4.54. The molecule has 1 amide bonds. The molecular weight excluding hydrogens is 376 g/mol. The van der Waals surface area contributed by atoms with Crippen molar-refractivity contribution in [2.75, 3.05) is 25.7 Å². The van der Waals surface area contributed by atoms with E-state index in [9.17, 15) is 9.59 Å². The lowest BCUT2D eigenvalue weighted by molar-refractivity contribution is -0.149. The first kappa shape index (κ1) is 19.0. The van der Waals surface area contributed by atoms with Crippen LogP contribution in [0.3, 0.4) is 0 Å². The van der Waals surface area contributed by atoms with E-state index < -0.39 is 11.9 Å². The predicted molar refractivity (Wildman–Crippen MR) is 96.1 cm³/mol. The van der Waals surface area contributed by atoms with Crippen LogP contribution in [-0.2, 0) is 20.9 Å². The van der Waals surface area contributed by atoms with E-state index in [2.05, 4.69) is 5.16 Å². The Balaban J connectivity index is 1.71. The number of nitrogens with zero attached hydrogens (tertiary/aromatic N) is 2. The Bertz CT molecular complexity index is 866. The van der Waals surface area contributed by atoms with Crippen LogP contribution in [0.1, 0.15) is 17.9 Å². The number of amides is 1. The Kier molecular flexibility index (Phi) is 5.55. The largest absolute Gasteiger partial charge is 0.495 e. The zero-order valence-corrected chi connectivity index (χ0v) is 15.9. The van der Waals surface area contributed by atoms with Gasteiger partial charge in [0.1, 0.15) is 29.6 Å². The first-order valence-electron chi connectivity index (χ1n) is 8.23. The quantitative estimate of drug-likeness (QED) is 0.695. The normalized spacial score (nSPS) is 16.5. The Labute approximate surface area is 160 Å². The molecule has 0 aliphatic carbocycles. The molecule has 0 N–H and O–H groups in total. The highest BCUT2D eigenvalue weighted by molar-refractivity contribution is 6.32. The molecule has 27 heavy (non-hydrogen) atoms. The zero-order chi connectivity index (χ0) is 19.6. The Hall–Kier alpha value is -2.74. The maximum Gasteiger partial charge on any atom is 0.311 e. The van der Waals surface area contributed by atoms with Gasteiger partial charge in [-0.05, 0) is 13.0 Å². The number of hydrogen-bond donors (Lipinski definition) is 0. The molecule has 1 unspecified atom stereocenters. The van der Waals surface area contributed by atoms with Gasteiger partial charge in [-0.15, -0.1) is 0 Å². The van der Waals surface area contributed by atoms with Crippen LogP contribution >= 0.6 is 11.6 Å². The molecular formula is C18H19ClN2O6. The highest BCUT2D eigenvalue weighted by Gasteiger charge is 2.37. The molecule has 0 spiro atoms. The fourth-order valence-electron chi connectivity index (χ4n) is 2.90. The monoisotopic (exact) mass is 394 g/mol. The van der Waals surface area contributed by atoms with Crippen LogP contribution < -0.4 is 14.4 Å². The molecule has 1 fully saturated rings. The minimum atomic E-state index is -0.587. The van der Waals surface area contributed by atoms with E-state index in [-0.39, 0.29) is 25.5 Å². The lowest BCUT2D eigenvalue weighted by Crippen LogP contribution is -2.27. The Morgan fingerprint density at radius 1 is 1.30 bits per heavy atom. The molecule has 0 bridgehead atoms.